The molecule has 1 aliphatic heterocycles. The monoisotopic (exact) mass is 353 g/mol. The molecule has 2 aromatic rings. The molecule has 6 nitrogen and oxygen atoms in total. The second-order valence-electron chi connectivity index (χ2n) is 5.74. The first-order chi connectivity index (χ1) is 10.8. The molecule has 0 aliphatic carbocycles. The number of fused-ring (bicyclic) bond motifs is 1. The zero-order valence-corrected chi connectivity index (χ0v) is 15.0. The van der Waals surface area contributed by atoms with Crippen LogP contribution in [0, 0.1) is 13.8 Å². The van der Waals surface area contributed by atoms with Crippen LogP contribution in [0.4, 0.5) is 0 Å². The SMILES string of the molecule is Cc1ccsc1S(=O)(=O)N1CCc2nc(C)n(C)c(=O)c2CC1. The maximum Gasteiger partial charge on any atom is 0.256 e. The lowest BCUT2D eigenvalue weighted by molar-refractivity contribution is 0.427. The Balaban J connectivity index is 1.96. The van der Waals surface area contributed by atoms with Gasteiger partial charge in [-0.25, -0.2) is 13.4 Å². The first kappa shape index (κ1) is 16.4. The normalized spacial score (nSPS) is 16.1. The highest BCUT2D eigenvalue weighted by Gasteiger charge is 2.30. The summed E-state index contributed by atoms with van der Waals surface area (Å²) in [5, 5.41) is 1.79. The zero-order valence-electron chi connectivity index (χ0n) is 13.4. The van der Waals surface area contributed by atoms with E-state index in [2.05, 4.69) is 4.98 Å². The fourth-order valence-corrected chi connectivity index (χ4v) is 5.82. The minimum absolute atomic E-state index is 0.0703. The van der Waals surface area contributed by atoms with Gasteiger partial charge in [-0.15, -0.1) is 11.3 Å². The van der Waals surface area contributed by atoms with E-state index in [0.717, 1.165) is 11.3 Å². The highest BCUT2D eigenvalue weighted by molar-refractivity contribution is 7.91. The summed E-state index contributed by atoms with van der Waals surface area (Å²) in [6, 6.07) is 1.81. The maximum atomic E-state index is 12.8. The molecule has 0 aromatic carbocycles. The standard InChI is InChI=1S/C15H19N3O3S2/c1-10-6-9-22-15(10)23(20,21)18-7-4-12-13(5-8-18)16-11(2)17(3)14(12)19/h6,9H,4-5,7-8H2,1-3H3. The van der Waals surface area contributed by atoms with Gasteiger partial charge in [0.1, 0.15) is 10.0 Å². The average Bonchev–Trinajstić information content (AvgIpc) is 2.82. The third-order valence-electron chi connectivity index (χ3n) is 4.29. The first-order valence-electron chi connectivity index (χ1n) is 7.42. The Bertz CT molecular complexity index is 913. The molecule has 0 unspecified atom stereocenters. The third-order valence-corrected chi connectivity index (χ3v) is 7.86. The molecule has 8 heteroatoms. The fraction of sp³-hybridized carbons (Fsp3) is 0.467. The van der Waals surface area contributed by atoms with E-state index in [1.54, 1.807) is 26.3 Å². The summed E-state index contributed by atoms with van der Waals surface area (Å²) in [6.07, 6.45) is 0.870. The minimum Gasteiger partial charge on any atom is -0.300 e. The van der Waals surface area contributed by atoms with Crippen molar-refractivity contribution in [3.8, 4) is 0 Å². The van der Waals surface area contributed by atoms with Crippen molar-refractivity contribution in [3.63, 3.8) is 0 Å². The van der Waals surface area contributed by atoms with Crippen LogP contribution in [0.1, 0.15) is 22.6 Å². The molecule has 0 fully saturated rings. The lowest BCUT2D eigenvalue weighted by atomic mass is 10.1. The second kappa shape index (κ2) is 5.85. The summed E-state index contributed by atoms with van der Waals surface area (Å²) < 4.78 is 29.0. The lowest BCUT2D eigenvalue weighted by Gasteiger charge is -2.19. The van der Waals surface area contributed by atoms with Crippen molar-refractivity contribution in [1.82, 2.24) is 13.9 Å². The van der Waals surface area contributed by atoms with Gasteiger partial charge >= 0.3 is 0 Å². The van der Waals surface area contributed by atoms with E-state index in [0.29, 0.717) is 41.5 Å². The van der Waals surface area contributed by atoms with Crippen molar-refractivity contribution in [2.45, 2.75) is 30.9 Å². The van der Waals surface area contributed by atoms with E-state index in [1.807, 2.05) is 6.07 Å². The number of sulfonamides is 1. The molecule has 0 amide bonds. The molecule has 0 radical (unpaired) electrons. The number of thiophene rings is 1. The van der Waals surface area contributed by atoms with Gasteiger partial charge in [-0.2, -0.15) is 4.31 Å². The van der Waals surface area contributed by atoms with Gasteiger partial charge < -0.3 is 0 Å². The number of rotatable bonds is 2. The quantitative estimate of drug-likeness (QED) is 0.814. The smallest absolute Gasteiger partial charge is 0.256 e. The number of hydrogen-bond acceptors (Lipinski definition) is 5. The summed E-state index contributed by atoms with van der Waals surface area (Å²) in [5.41, 5.74) is 2.06. The van der Waals surface area contributed by atoms with Crippen molar-refractivity contribution < 1.29 is 8.42 Å². The molecule has 23 heavy (non-hydrogen) atoms. The molecule has 0 saturated heterocycles. The van der Waals surface area contributed by atoms with Crippen LogP contribution in [0.3, 0.4) is 0 Å². The Morgan fingerprint density at radius 1 is 1.22 bits per heavy atom. The Morgan fingerprint density at radius 3 is 2.57 bits per heavy atom. The summed E-state index contributed by atoms with van der Waals surface area (Å²) in [5.74, 6) is 0.652. The molecule has 0 N–H and O–H groups in total. The van der Waals surface area contributed by atoms with Gasteiger partial charge in [0.05, 0.1) is 5.69 Å². The molecular formula is C15H19N3O3S2. The average molecular weight is 353 g/mol. The first-order valence-corrected chi connectivity index (χ1v) is 9.74. The lowest BCUT2D eigenvalue weighted by Crippen LogP contribution is -2.33. The highest BCUT2D eigenvalue weighted by Crippen LogP contribution is 2.26. The van der Waals surface area contributed by atoms with E-state index in [1.165, 1.54) is 20.2 Å². The molecule has 3 rings (SSSR count). The molecule has 3 heterocycles. The van der Waals surface area contributed by atoms with Crippen LogP contribution in [-0.2, 0) is 29.9 Å². The number of aryl methyl sites for hydroxylation is 2. The number of aromatic nitrogens is 2. The largest absolute Gasteiger partial charge is 0.300 e. The molecule has 0 saturated carbocycles. The van der Waals surface area contributed by atoms with Crippen LogP contribution in [0.15, 0.2) is 20.5 Å². The Morgan fingerprint density at radius 2 is 1.91 bits per heavy atom. The van der Waals surface area contributed by atoms with Crippen molar-refractivity contribution in [2.24, 2.45) is 7.05 Å². The fourth-order valence-electron chi connectivity index (χ4n) is 2.83. The maximum absolute atomic E-state index is 12.8. The summed E-state index contributed by atoms with van der Waals surface area (Å²) in [4.78, 5) is 16.9. The van der Waals surface area contributed by atoms with Crippen LogP contribution in [0.2, 0.25) is 0 Å². The van der Waals surface area contributed by atoms with Gasteiger partial charge in [-0.1, -0.05) is 0 Å². The van der Waals surface area contributed by atoms with Crippen LogP contribution >= 0.6 is 11.3 Å². The van der Waals surface area contributed by atoms with Crippen molar-refractivity contribution in [3.05, 3.63) is 44.4 Å². The minimum atomic E-state index is -3.51. The zero-order chi connectivity index (χ0) is 16.8. The number of nitrogens with zero attached hydrogens (tertiary/aromatic N) is 3. The molecule has 1 aliphatic rings. The molecule has 2 aromatic heterocycles. The van der Waals surface area contributed by atoms with Crippen molar-refractivity contribution in [1.29, 1.82) is 0 Å². The van der Waals surface area contributed by atoms with Gasteiger partial charge in [-0.3, -0.25) is 9.36 Å². The third kappa shape index (κ3) is 2.75. The summed E-state index contributed by atoms with van der Waals surface area (Å²) >= 11 is 1.24. The summed E-state index contributed by atoms with van der Waals surface area (Å²) in [7, 11) is -1.81. The van der Waals surface area contributed by atoms with E-state index in [9.17, 15) is 13.2 Å². The van der Waals surface area contributed by atoms with E-state index in [4.69, 9.17) is 0 Å². The van der Waals surface area contributed by atoms with E-state index >= 15 is 0 Å². The molecule has 0 spiro atoms. The summed E-state index contributed by atoms with van der Waals surface area (Å²) in [6.45, 7) is 4.26. The van der Waals surface area contributed by atoms with Crippen LogP contribution < -0.4 is 5.56 Å². The predicted molar refractivity (Wildman–Crippen MR) is 89.4 cm³/mol. The van der Waals surface area contributed by atoms with Gasteiger partial charge in [0.15, 0.2) is 0 Å². The van der Waals surface area contributed by atoms with E-state index in [-0.39, 0.29) is 5.56 Å². The van der Waals surface area contributed by atoms with Gasteiger partial charge in [0.2, 0.25) is 0 Å². The van der Waals surface area contributed by atoms with Crippen molar-refractivity contribution >= 4 is 21.4 Å². The highest BCUT2D eigenvalue weighted by atomic mass is 32.2. The van der Waals surface area contributed by atoms with E-state index < -0.39 is 10.0 Å². The molecule has 124 valence electrons. The van der Waals surface area contributed by atoms with Gasteiger partial charge in [-0.05, 0) is 37.3 Å². The second-order valence-corrected chi connectivity index (χ2v) is 8.79. The van der Waals surface area contributed by atoms with Crippen LogP contribution in [-0.4, -0.2) is 35.4 Å². The van der Waals surface area contributed by atoms with Gasteiger partial charge in [0, 0.05) is 32.1 Å². The van der Waals surface area contributed by atoms with Crippen molar-refractivity contribution in [2.75, 3.05) is 13.1 Å². The predicted octanol–water partition coefficient (Wildman–Crippen LogP) is 1.25. The number of hydrogen-bond donors (Lipinski definition) is 0. The Labute approximate surface area is 139 Å². The molecular weight excluding hydrogens is 334 g/mol. The van der Waals surface area contributed by atoms with Crippen LogP contribution in [0.25, 0.3) is 0 Å². The van der Waals surface area contributed by atoms with Gasteiger partial charge in [0.25, 0.3) is 15.6 Å². The Hall–Kier alpha value is -1.51. The molecule has 0 atom stereocenters. The molecule has 0 bridgehead atoms. The Kier molecular flexibility index (Phi) is 4.16. The topological polar surface area (TPSA) is 72.3 Å². The van der Waals surface area contributed by atoms with Crippen LogP contribution in [0.5, 0.6) is 0 Å².